The molecule has 1 unspecified atom stereocenters. The van der Waals surface area contributed by atoms with Crippen LogP contribution in [0.15, 0.2) is 93.7 Å². The first-order valence-electron chi connectivity index (χ1n) is 13.0. The minimum absolute atomic E-state index is 0.0144. The SMILES string of the molecule is N#CC1=C(N)N(c2nnc(SCC(=O)NCCc3ccccc3)s2)C2=C(C(=O)CCC2)C1/C=C/c1ccccc1. The van der Waals surface area contributed by atoms with Gasteiger partial charge in [0.1, 0.15) is 5.82 Å². The van der Waals surface area contributed by atoms with E-state index in [1.165, 1.54) is 28.7 Å². The number of aromatic nitrogens is 2. The molecule has 1 aliphatic carbocycles. The summed E-state index contributed by atoms with van der Waals surface area (Å²) >= 11 is 2.58. The van der Waals surface area contributed by atoms with Crippen molar-refractivity contribution in [2.45, 2.75) is 30.0 Å². The van der Waals surface area contributed by atoms with Crippen LogP contribution in [-0.4, -0.2) is 34.2 Å². The highest BCUT2D eigenvalue weighted by Gasteiger charge is 2.39. The Morgan fingerprint density at radius 3 is 2.65 bits per heavy atom. The fourth-order valence-electron chi connectivity index (χ4n) is 4.83. The number of amides is 1. The summed E-state index contributed by atoms with van der Waals surface area (Å²) in [5.41, 5.74) is 10.4. The number of allylic oxidation sites excluding steroid dienone is 4. The van der Waals surface area contributed by atoms with Gasteiger partial charge in [0.15, 0.2) is 10.1 Å². The molecule has 5 rings (SSSR count). The van der Waals surface area contributed by atoms with Gasteiger partial charge in [-0.15, -0.1) is 10.2 Å². The molecule has 202 valence electrons. The van der Waals surface area contributed by atoms with E-state index in [-0.39, 0.29) is 23.3 Å². The number of rotatable bonds is 9. The van der Waals surface area contributed by atoms with Gasteiger partial charge >= 0.3 is 0 Å². The van der Waals surface area contributed by atoms with Crippen LogP contribution < -0.4 is 16.0 Å². The van der Waals surface area contributed by atoms with Gasteiger partial charge < -0.3 is 11.1 Å². The van der Waals surface area contributed by atoms with Gasteiger partial charge in [-0.1, -0.05) is 95.9 Å². The highest BCUT2D eigenvalue weighted by molar-refractivity contribution is 8.01. The number of carbonyl (C=O) groups excluding carboxylic acids is 2. The van der Waals surface area contributed by atoms with Gasteiger partial charge in [0.25, 0.3) is 0 Å². The van der Waals surface area contributed by atoms with Gasteiger partial charge in [0.05, 0.1) is 17.4 Å². The third-order valence-electron chi connectivity index (χ3n) is 6.73. The van der Waals surface area contributed by atoms with E-state index in [1.807, 2.05) is 72.8 Å². The van der Waals surface area contributed by atoms with E-state index >= 15 is 0 Å². The summed E-state index contributed by atoms with van der Waals surface area (Å²) in [6.45, 7) is 0.557. The molecule has 2 heterocycles. The second-order valence-electron chi connectivity index (χ2n) is 9.36. The Hall–Kier alpha value is -4.20. The predicted molar refractivity (Wildman–Crippen MR) is 158 cm³/mol. The Morgan fingerprint density at radius 2 is 1.90 bits per heavy atom. The van der Waals surface area contributed by atoms with E-state index in [4.69, 9.17) is 5.73 Å². The van der Waals surface area contributed by atoms with Crippen LogP contribution in [0.4, 0.5) is 5.13 Å². The maximum atomic E-state index is 13.2. The van der Waals surface area contributed by atoms with Crippen molar-refractivity contribution in [1.82, 2.24) is 15.5 Å². The first-order valence-corrected chi connectivity index (χ1v) is 14.8. The van der Waals surface area contributed by atoms with Gasteiger partial charge in [0, 0.05) is 30.2 Å². The smallest absolute Gasteiger partial charge is 0.230 e. The zero-order valence-corrected chi connectivity index (χ0v) is 23.4. The number of thioether (sulfide) groups is 1. The normalized spacial score (nSPS) is 17.2. The molecule has 1 amide bonds. The lowest BCUT2D eigenvalue weighted by Crippen LogP contribution is -2.39. The highest BCUT2D eigenvalue weighted by atomic mass is 32.2. The largest absolute Gasteiger partial charge is 0.384 e. The van der Waals surface area contributed by atoms with Crippen LogP contribution in [0.2, 0.25) is 0 Å². The van der Waals surface area contributed by atoms with Gasteiger partial charge in [-0.2, -0.15) is 5.26 Å². The summed E-state index contributed by atoms with van der Waals surface area (Å²) in [6.07, 6.45) is 6.33. The summed E-state index contributed by atoms with van der Waals surface area (Å²) in [5.74, 6) is -0.134. The molecule has 2 aliphatic rings. The maximum absolute atomic E-state index is 13.2. The number of hydrogen-bond acceptors (Lipinski definition) is 9. The topological polar surface area (TPSA) is 125 Å². The van der Waals surface area contributed by atoms with Crippen molar-refractivity contribution in [2.75, 3.05) is 17.2 Å². The van der Waals surface area contributed by atoms with Crippen LogP contribution in [0.3, 0.4) is 0 Å². The number of anilines is 1. The van der Waals surface area contributed by atoms with Crippen molar-refractivity contribution in [1.29, 1.82) is 5.26 Å². The number of nitrogens with zero attached hydrogens (tertiary/aromatic N) is 4. The van der Waals surface area contributed by atoms with Gasteiger partial charge in [-0.3, -0.25) is 14.5 Å². The average Bonchev–Trinajstić information content (AvgIpc) is 3.44. The summed E-state index contributed by atoms with van der Waals surface area (Å²) in [7, 11) is 0. The Bertz CT molecular complexity index is 1520. The standard InChI is InChI=1S/C30H28N6O2S2/c31-18-23-22(15-14-20-8-3-1-4-9-20)27-24(12-7-13-25(27)37)36(28(23)32)29-34-35-30(40-29)39-19-26(38)33-17-16-21-10-5-2-6-11-21/h1-6,8-11,14-15,22H,7,12-13,16-17,19,32H2,(H,33,38)/b15-14+. The maximum Gasteiger partial charge on any atom is 0.230 e. The predicted octanol–water partition coefficient (Wildman–Crippen LogP) is 4.84. The number of carbonyl (C=O) groups is 2. The minimum atomic E-state index is -0.523. The highest BCUT2D eigenvalue weighted by Crippen LogP contribution is 2.44. The third-order valence-corrected chi connectivity index (χ3v) is 8.77. The molecule has 40 heavy (non-hydrogen) atoms. The average molecular weight is 569 g/mol. The summed E-state index contributed by atoms with van der Waals surface area (Å²) in [4.78, 5) is 27.3. The van der Waals surface area contributed by atoms with Crippen molar-refractivity contribution < 1.29 is 9.59 Å². The number of ketones is 1. The Balaban J connectivity index is 1.32. The van der Waals surface area contributed by atoms with E-state index in [0.29, 0.717) is 46.4 Å². The van der Waals surface area contributed by atoms with E-state index in [2.05, 4.69) is 21.6 Å². The molecule has 0 saturated heterocycles. The van der Waals surface area contributed by atoms with Crippen molar-refractivity contribution in [3.63, 3.8) is 0 Å². The number of nitrogens with two attached hydrogens (primary N) is 1. The molecule has 8 nitrogen and oxygen atoms in total. The fraction of sp³-hybridized carbons (Fsp3) is 0.233. The van der Waals surface area contributed by atoms with E-state index in [1.54, 1.807) is 4.90 Å². The number of Topliss-reactive ketones (excluding diaryl/α,β-unsaturated/α-hetero) is 1. The van der Waals surface area contributed by atoms with Gasteiger partial charge in [0.2, 0.25) is 11.0 Å². The van der Waals surface area contributed by atoms with Gasteiger partial charge in [-0.25, -0.2) is 0 Å². The number of nitrogens with one attached hydrogen (secondary N) is 1. The molecule has 2 aromatic carbocycles. The molecule has 0 bridgehead atoms. The first-order chi connectivity index (χ1) is 19.5. The molecular weight excluding hydrogens is 541 g/mol. The Morgan fingerprint density at radius 1 is 1.15 bits per heavy atom. The lowest BCUT2D eigenvalue weighted by Gasteiger charge is -2.37. The van der Waals surface area contributed by atoms with Crippen LogP contribution in [0.5, 0.6) is 0 Å². The van der Waals surface area contributed by atoms with Crippen molar-refractivity contribution in [2.24, 2.45) is 11.7 Å². The molecule has 3 N–H and O–H groups in total. The van der Waals surface area contributed by atoms with Crippen LogP contribution in [0.1, 0.15) is 30.4 Å². The Kier molecular flexibility index (Phi) is 8.74. The van der Waals surface area contributed by atoms with Crippen molar-refractivity contribution >= 4 is 46.0 Å². The Labute approximate surface area is 241 Å². The molecule has 0 spiro atoms. The van der Waals surface area contributed by atoms with E-state index in [9.17, 15) is 14.9 Å². The van der Waals surface area contributed by atoms with Crippen LogP contribution >= 0.6 is 23.1 Å². The second kappa shape index (κ2) is 12.8. The van der Waals surface area contributed by atoms with Crippen LogP contribution in [0.25, 0.3) is 6.08 Å². The summed E-state index contributed by atoms with van der Waals surface area (Å²) in [6, 6.07) is 22.0. The third kappa shape index (κ3) is 6.17. The van der Waals surface area contributed by atoms with E-state index in [0.717, 1.165) is 17.7 Å². The molecule has 0 radical (unpaired) electrons. The molecule has 10 heteroatoms. The number of benzene rings is 2. The molecule has 1 aromatic heterocycles. The molecule has 1 aliphatic heterocycles. The molecule has 3 aromatic rings. The summed E-state index contributed by atoms with van der Waals surface area (Å²) < 4.78 is 0.606. The van der Waals surface area contributed by atoms with Crippen LogP contribution in [0, 0.1) is 17.2 Å². The minimum Gasteiger partial charge on any atom is -0.384 e. The lowest BCUT2D eigenvalue weighted by atomic mass is 9.79. The number of hydrogen-bond donors (Lipinski definition) is 2. The first kappa shape index (κ1) is 27.4. The molecular formula is C30H28N6O2S2. The second-order valence-corrected chi connectivity index (χ2v) is 11.5. The van der Waals surface area contributed by atoms with Gasteiger partial charge in [-0.05, 0) is 30.4 Å². The van der Waals surface area contributed by atoms with Crippen LogP contribution in [-0.2, 0) is 16.0 Å². The van der Waals surface area contributed by atoms with E-state index < -0.39 is 5.92 Å². The molecule has 0 fully saturated rings. The summed E-state index contributed by atoms with van der Waals surface area (Å²) in [5, 5.41) is 22.1. The van der Waals surface area contributed by atoms with Crippen molar-refractivity contribution in [3.8, 4) is 6.07 Å². The monoisotopic (exact) mass is 568 g/mol. The lowest BCUT2D eigenvalue weighted by molar-refractivity contribution is -0.118. The number of nitriles is 1. The molecule has 1 atom stereocenters. The zero-order chi connectivity index (χ0) is 27.9. The van der Waals surface area contributed by atoms with Crippen molar-refractivity contribution in [3.05, 3.63) is 101 Å². The molecule has 0 saturated carbocycles. The fourth-order valence-corrected chi connectivity index (χ4v) is 6.54. The zero-order valence-electron chi connectivity index (χ0n) is 21.7. The quantitative estimate of drug-likeness (QED) is 0.352.